The van der Waals surface area contributed by atoms with Crippen LogP contribution in [0.15, 0.2) is 16.5 Å². The van der Waals surface area contributed by atoms with E-state index in [-0.39, 0.29) is 19.1 Å². The highest BCUT2D eigenvalue weighted by molar-refractivity contribution is 14.1. The van der Waals surface area contributed by atoms with Crippen molar-refractivity contribution < 1.29 is 14.0 Å². The molecule has 1 aromatic rings. The van der Waals surface area contributed by atoms with Crippen molar-refractivity contribution in [3.8, 4) is 0 Å². The van der Waals surface area contributed by atoms with Crippen molar-refractivity contribution in [3.63, 3.8) is 0 Å². The van der Waals surface area contributed by atoms with Gasteiger partial charge in [0.05, 0.1) is 0 Å². The van der Waals surface area contributed by atoms with Gasteiger partial charge in [0.1, 0.15) is 0 Å². The molecular weight excluding hydrogens is 374 g/mol. The average Bonchev–Trinajstić information content (AvgIpc) is 2.33. The molecule has 0 atom stereocenters. The summed E-state index contributed by atoms with van der Waals surface area (Å²) in [5.74, 6) is 0.427. The molecule has 0 bridgehead atoms. The molecule has 58 valence electrons. The minimum atomic E-state index is -0.202. The molecule has 11 heavy (non-hydrogen) atoms. The van der Waals surface area contributed by atoms with E-state index in [2.05, 4.69) is 0 Å². The van der Waals surface area contributed by atoms with Crippen LogP contribution in [0.2, 0.25) is 0 Å². The lowest BCUT2D eigenvalue weighted by molar-refractivity contribution is 0.106. The number of carbonyl (C=O) groups is 2. The summed E-state index contributed by atoms with van der Waals surface area (Å²) >= 11 is 3.20. The lowest BCUT2D eigenvalue weighted by Gasteiger charge is -1.84. The molecule has 0 aromatic carbocycles. The summed E-state index contributed by atoms with van der Waals surface area (Å²) < 4.78 is 4.49. The molecule has 0 radical (unpaired) electrons. The minimum absolute atomic E-state index is 0.202. The van der Waals surface area contributed by atoms with Gasteiger partial charge in [0.2, 0.25) is 0 Å². The van der Waals surface area contributed by atoms with E-state index in [1.165, 1.54) is 12.1 Å². The number of furan rings is 1. The Morgan fingerprint density at radius 2 is 1.45 bits per heavy atom. The van der Waals surface area contributed by atoms with Crippen LogP contribution in [0.5, 0.6) is 0 Å². The van der Waals surface area contributed by atoms with Crippen LogP contribution in [0, 0.1) is 0 Å². The summed E-state index contributed by atoms with van der Waals surface area (Å²) in [5.41, 5.74) is 0. The minimum Gasteiger partial charge on any atom is -0.448 e. The fourth-order valence-electron chi connectivity index (χ4n) is 0.549. The maximum atomic E-state index is 10.7. The molecule has 0 spiro atoms. The molecular formula is C6H2I2O3. The van der Waals surface area contributed by atoms with Crippen LogP contribution in [0.3, 0.4) is 0 Å². The van der Waals surface area contributed by atoms with E-state index in [0.29, 0.717) is 0 Å². The standard InChI is InChI=1S/C6H2I2O3/c7-5(9)3-1-2-4(11-3)6(8)10/h1-2H. The Hall–Kier alpha value is 0.0800. The van der Waals surface area contributed by atoms with Crippen molar-refractivity contribution in [2.75, 3.05) is 0 Å². The van der Waals surface area contributed by atoms with E-state index in [4.69, 9.17) is 4.42 Å². The Balaban J connectivity index is 2.99. The Morgan fingerprint density at radius 1 is 1.09 bits per heavy atom. The van der Waals surface area contributed by atoms with Crippen molar-refractivity contribution in [3.05, 3.63) is 23.7 Å². The van der Waals surface area contributed by atoms with Crippen molar-refractivity contribution >= 4 is 52.8 Å². The van der Waals surface area contributed by atoms with Crippen LogP contribution in [0.4, 0.5) is 0 Å². The lowest BCUT2D eigenvalue weighted by Crippen LogP contribution is -1.84. The molecule has 1 aromatic heterocycles. The second-order valence-electron chi connectivity index (χ2n) is 1.71. The summed E-state index contributed by atoms with van der Waals surface area (Å²) in [7, 11) is 0. The summed E-state index contributed by atoms with van der Waals surface area (Å²) in [6, 6.07) is 2.97. The predicted molar refractivity (Wildman–Crippen MR) is 55.4 cm³/mol. The van der Waals surface area contributed by atoms with Crippen LogP contribution in [0.25, 0.3) is 0 Å². The van der Waals surface area contributed by atoms with E-state index in [0.717, 1.165) is 0 Å². The molecule has 5 heteroatoms. The quantitative estimate of drug-likeness (QED) is 0.589. The molecule has 1 heterocycles. The van der Waals surface area contributed by atoms with Gasteiger partial charge in [-0.15, -0.1) is 0 Å². The second kappa shape index (κ2) is 3.65. The van der Waals surface area contributed by atoms with E-state index in [1.54, 1.807) is 45.2 Å². The number of hydrogen-bond acceptors (Lipinski definition) is 3. The molecule has 1 rings (SSSR count). The average molecular weight is 376 g/mol. The van der Waals surface area contributed by atoms with Crippen LogP contribution in [-0.4, -0.2) is 7.58 Å². The topological polar surface area (TPSA) is 47.3 Å². The van der Waals surface area contributed by atoms with E-state index >= 15 is 0 Å². The molecule has 0 fully saturated rings. The molecule has 0 N–H and O–H groups in total. The first-order valence-electron chi connectivity index (χ1n) is 2.61. The van der Waals surface area contributed by atoms with Crippen LogP contribution < -0.4 is 0 Å². The Kier molecular flexibility index (Phi) is 3.05. The number of halogens is 2. The van der Waals surface area contributed by atoms with Gasteiger partial charge < -0.3 is 4.42 Å². The zero-order valence-corrected chi connectivity index (χ0v) is 9.45. The zero-order valence-electron chi connectivity index (χ0n) is 5.14. The first-order chi connectivity index (χ1) is 5.11. The predicted octanol–water partition coefficient (Wildman–Crippen LogP) is 2.43. The monoisotopic (exact) mass is 376 g/mol. The Labute approximate surface area is 89.8 Å². The number of carbonyl (C=O) groups excluding carboxylic acids is 2. The normalized spacial score (nSPS) is 9.64. The summed E-state index contributed by atoms with van der Waals surface area (Å²) in [4.78, 5) is 21.3. The van der Waals surface area contributed by atoms with Gasteiger partial charge in [-0.25, -0.2) is 0 Å². The van der Waals surface area contributed by atoms with E-state index < -0.39 is 0 Å². The van der Waals surface area contributed by atoms with Crippen LogP contribution in [0.1, 0.15) is 21.1 Å². The first kappa shape index (κ1) is 9.17. The lowest BCUT2D eigenvalue weighted by atomic mass is 10.4. The summed E-state index contributed by atoms with van der Waals surface area (Å²) in [6.07, 6.45) is 0. The smallest absolute Gasteiger partial charge is 0.257 e. The fourth-order valence-corrected chi connectivity index (χ4v) is 1.13. The number of rotatable bonds is 2. The molecule has 0 saturated heterocycles. The Morgan fingerprint density at radius 3 is 1.64 bits per heavy atom. The van der Waals surface area contributed by atoms with Gasteiger partial charge in [0, 0.05) is 45.2 Å². The van der Waals surface area contributed by atoms with Crippen molar-refractivity contribution in [2.24, 2.45) is 0 Å². The van der Waals surface area contributed by atoms with Crippen molar-refractivity contribution in [2.45, 2.75) is 0 Å². The van der Waals surface area contributed by atoms with Crippen molar-refractivity contribution in [1.29, 1.82) is 0 Å². The highest BCUT2D eigenvalue weighted by Gasteiger charge is 2.10. The largest absolute Gasteiger partial charge is 0.448 e. The molecule has 0 saturated carbocycles. The van der Waals surface area contributed by atoms with Gasteiger partial charge in [-0.1, -0.05) is 0 Å². The van der Waals surface area contributed by atoms with E-state index in [9.17, 15) is 9.59 Å². The molecule has 0 aliphatic rings. The first-order valence-corrected chi connectivity index (χ1v) is 4.76. The van der Waals surface area contributed by atoms with Gasteiger partial charge in [-0.3, -0.25) is 9.59 Å². The van der Waals surface area contributed by atoms with Crippen molar-refractivity contribution in [1.82, 2.24) is 0 Å². The maximum Gasteiger partial charge on any atom is 0.257 e. The van der Waals surface area contributed by atoms with Gasteiger partial charge in [-0.05, 0) is 12.1 Å². The van der Waals surface area contributed by atoms with Gasteiger partial charge in [0.25, 0.3) is 7.58 Å². The van der Waals surface area contributed by atoms with Crippen LogP contribution >= 0.6 is 45.2 Å². The fraction of sp³-hybridized carbons (Fsp3) is 0. The molecule has 0 aliphatic heterocycles. The molecule has 0 aliphatic carbocycles. The van der Waals surface area contributed by atoms with Gasteiger partial charge in [-0.2, -0.15) is 0 Å². The van der Waals surface area contributed by atoms with Crippen LogP contribution in [-0.2, 0) is 0 Å². The number of hydrogen-bond donors (Lipinski definition) is 0. The zero-order chi connectivity index (χ0) is 8.43. The summed E-state index contributed by atoms with van der Waals surface area (Å²) in [6.45, 7) is 0. The van der Waals surface area contributed by atoms with Gasteiger partial charge >= 0.3 is 0 Å². The SMILES string of the molecule is O=C(I)c1ccc(C(=O)I)o1. The third-order valence-corrected chi connectivity index (χ3v) is 2.06. The molecule has 0 amide bonds. The van der Waals surface area contributed by atoms with Gasteiger partial charge in [0.15, 0.2) is 11.5 Å². The molecule has 3 nitrogen and oxygen atoms in total. The highest BCUT2D eigenvalue weighted by Crippen LogP contribution is 2.13. The highest BCUT2D eigenvalue weighted by atomic mass is 127. The third kappa shape index (κ3) is 2.26. The summed E-state index contributed by atoms with van der Waals surface area (Å²) in [5, 5.41) is 0. The molecule has 0 unspecified atom stereocenters. The maximum absolute atomic E-state index is 10.7. The second-order valence-corrected chi connectivity index (χ2v) is 3.67. The Bertz CT molecular complexity index is 274. The third-order valence-electron chi connectivity index (χ3n) is 0.993. The van der Waals surface area contributed by atoms with E-state index in [1.807, 2.05) is 0 Å².